The summed E-state index contributed by atoms with van der Waals surface area (Å²) in [6.07, 6.45) is 11.9. The zero-order valence-corrected chi connectivity index (χ0v) is 48.1. The molecule has 24 nitrogen and oxygen atoms in total. The highest BCUT2D eigenvalue weighted by Crippen LogP contribution is 2.19. The average molecular weight is 1090 g/mol. The summed E-state index contributed by atoms with van der Waals surface area (Å²) in [4.78, 5) is 98.3. The Bertz CT molecular complexity index is 2520. The lowest BCUT2D eigenvalue weighted by molar-refractivity contribution is -0.00374. The van der Waals surface area contributed by atoms with E-state index in [1.807, 2.05) is 54.2 Å². The standard InChI is InChI=1S/C26H41N5O6.C16H24N4O3.C12H20N4O2/c1-24(2,3)35-21(32)29(14-11-15-30-18-28-20-19(30)12-10-13-27-20)16-17-31(22(33)36-25(4,5)6)23(34)37-26(7,8)9;1-16(2,3)23-15(22)19(10-11-21)8-5-9-20-12-18-14-13(20)6-4-7-17-14;17-11(15-7-3-1-4-8-15)13-14-12(18)16-9-5-2-6-10-16/h10,12-13,18H,11,14-17H2,1-9H3;4,6-7,12,21H,5,8-11H2,1-3H3;1-10H2. The van der Waals surface area contributed by atoms with Gasteiger partial charge < -0.3 is 52.8 Å². The van der Waals surface area contributed by atoms with E-state index in [1.165, 1.54) is 9.80 Å². The third kappa shape index (κ3) is 22.9. The van der Waals surface area contributed by atoms with Gasteiger partial charge in [-0.15, -0.1) is 0 Å². The van der Waals surface area contributed by atoms with Gasteiger partial charge in [0.2, 0.25) is 0 Å². The van der Waals surface area contributed by atoms with Crippen LogP contribution in [0.4, 0.5) is 28.8 Å². The molecule has 4 aromatic heterocycles. The van der Waals surface area contributed by atoms with Gasteiger partial charge in [0.25, 0.3) is 0 Å². The van der Waals surface area contributed by atoms with Crippen molar-refractivity contribution in [1.82, 2.24) is 53.6 Å². The van der Waals surface area contributed by atoms with Crippen LogP contribution in [0.25, 0.3) is 22.3 Å². The van der Waals surface area contributed by atoms with Crippen LogP contribution in [0.1, 0.15) is 134 Å². The van der Waals surface area contributed by atoms with Gasteiger partial charge in [0.05, 0.1) is 36.8 Å². The second-order valence-corrected chi connectivity index (χ2v) is 22.9. The van der Waals surface area contributed by atoms with Gasteiger partial charge in [-0.25, -0.2) is 53.6 Å². The van der Waals surface area contributed by atoms with E-state index in [4.69, 9.17) is 24.1 Å². The van der Waals surface area contributed by atoms with E-state index >= 15 is 0 Å². The molecule has 78 heavy (non-hydrogen) atoms. The Hall–Kier alpha value is -6.98. The number of aromatic nitrogens is 6. The number of nitrogens with zero attached hydrogens (tertiary/aromatic N) is 13. The summed E-state index contributed by atoms with van der Waals surface area (Å²) in [5.74, 6) is 0. The molecule has 0 aliphatic carbocycles. The zero-order chi connectivity index (χ0) is 57.7. The third-order valence-corrected chi connectivity index (χ3v) is 11.4. The van der Waals surface area contributed by atoms with E-state index in [0.29, 0.717) is 43.9 Å². The lowest BCUT2D eigenvalue weighted by Gasteiger charge is -2.31. The number of fused-ring (bicyclic) bond motifs is 2. The number of pyridine rings is 2. The van der Waals surface area contributed by atoms with Gasteiger partial charge in [0, 0.05) is 77.8 Å². The Morgan fingerprint density at radius 1 is 0.500 bits per heavy atom. The number of hydrogen-bond donors (Lipinski definition) is 1. The van der Waals surface area contributed by atoms with Gasteiger partial charge >= 0.3 is 36.4 Å². The quantitative estimate of drug-likeness (QED) is 0.0964. The first-order valence-corrected chi connectivity index (χ1v) is 26.9. The Morgan fingerprint density at radius 2 is 0.859 bits per heavy atom. The van der Waals surface area contributed by atoms with Crippen molar-refractivity contribution in [1.29, 1.82) is 0 Å². The molecule has 0 aromatic carbocycles. The van der Waals surface area contributed by atoms with E-state index in [2.05, 4.69) is 30.2 Å². The minimum Gasteiger partial charge on any atom is -0.444 e. The smallest absolute Gasteiger partial charge is 0.419 e. The van der Waals surface area contributed by atoms with Crippen LogP contribution < -0.4 is 0 Å². The summed E-state index contributed by atoms with van der Waals surface area (Å²) in [6, 6.07) is 6.87. The number of amides is 8. The minimum absolute atomic E-state index is 0.0413. The fraction of sp³-hybridized carbons (Fsp3) is 0.667. The van der Waals surface area contributed by atoms with Crippen molar-refractivity contribution in [2.24, 2.45) is 10.2 Å². The SMILES string of the molecule is CC(C)(C)OC(=O)N(CCCn1cnc2ncccc21)CCN(C(=O)OC(C)(C)C)C(=O)OC(C)(C)C.CC(C)(C)OC(=O)N(CCO)CCCn1cnc2ncccc21.O=C(N=NC(=O)N1CCCCC1)N1CCCCC1. The zero-order valence-electron chi connectivity index (χ0n) is 48.1. The highest BCUT2D eigenvalue weighted by atomic mass is 16.6. The third-order valence-electron chi connectivity index (χ3n) is 11.4. The maximum absolute atomic E-state index is 13.0. The molecule has 2 aliphatic heterocycles. The normalized spacial score (nSPS) is 14.2. The number of aryl methyl sites for hydroxylation is 2. The number of aliphatic hydroxyl groups is 1. The van der Waals surface area contributed by atoms with Crippen LogP contribution in [0.15, 0.2) is 59.5 Å². The van der Waals surface area contributed by atoms with Crippen LogP contribution in [0.5, 0.6) is 0 Å². The number of carbonyl (C=O) groups excluding carboxylic acids is 6. The molecule has 1 N–H and O–H groups in total. The molecule has 8 amide bonds. The molecule has 2 saturated heterocycles. The maximum Gasteiger partial charge on any atom is 0.419 e. The minimum atomic E-state index is -0.844. The van der Waals surface area contributed by atoms with Crippen molar-refractivity contribution >= 4 is 58.8 Å². The molecule has 6 rings (SSSR count). The second kappa shape index (κ2) is 29.7. The summed E-state index contributed by atoms with van der Waals surface area (Å²) in [7, 11) is 0. The lowest BCUT2D eigenvalue weighted by atomic mass is 10.1. The summed E-state index contributed by atoms with van der Waals surface area (Å²) >= 11 is 0. The molecule has 0 saturated carbocycles. The molecule has 4 aromatic rings. The van der Waals surface area contributed by atoms with Gasteiger partial charge in [-0.3, -0.25) is 0 Å². The number of azo groups is 1. The highest BCUT2D eigenvalue weighted by Gasteiger charge is 2.33. The number of rotatable bonds is 13. The number of urea groups is 2. The molecule has 432 valence electrons. The van der Waals surface area contributed by atoms with Crippen LogP contribution >= 0.6 is 0 Å². The fourth-order valence-electron chi connectivity index (χ4n) is 7.87. The van der Waals surface area contributed by atoms with Crippen molar-refractivity contribution in [3.05, 3.63) is 49.3 Å². The fourth-order valence-corrected chi connectivity index (χ4v) is 7.87. The number of likely N-dealkylation sites (tertiary alicyclic amines) is 2. The second-order valence-electron chi connectivity index (χ2n) is 22.9. The predicted molar refractivity (Wildman–Crippen MR) is 293 cm³/mol. The number of aliphatic hydroxyl groups excluding tert-OH is 1. The molecule has 6 heterocycles. The Morgan fingerprint density at radius 3 is 1.22 bits per heavy atom. The molecule has 2 aliphatic rings. The molecule has 0 spiro atoms. The predicted octanol–water partition coefficient (Wildman–Crippen LogP) is 9.93. The molecule has 24 heteroatoms. The van der Waals surface area contributed by atoms with Gasteiger partial charge in [0.1, 0.15) is 22.4 Å². The number of ether oxygens (including phenoxy) is 4. The van der Waals surface area contributed by atoms with Crippen LogP contribution in [0, 0.1) is 0 Å². The molecular formula is C54H85N13O11. The molecule has 2 fully saturated rings. The van der Waals surface area contributed by atoms with E-state index in [1.54, 1.807) is 97.2 Å². The summed E-state index contributed by atoms with van der Waals surface area (Å²) < 4.78 is 25.7. The maximum atomic E-state index is 13.0. The van der Waals surface area contributed by atoms with Crippen LogP contribution in [-0.2, 0) is 32.0 Å². The Labute approximate surface area is 458 Å². The van der Waals surface area contributed by atoms with Crippen LogP contribution in [0.3, 0.4) is 0 Å². The lowest BCUT2D eigenvalue weighted by Crippen LogP contribution is -2.48. The van der Waals surface area contributed by atoms with E-state index in [0.717, 1.165) is 87.1 Å². The number of imidazole rings is 2. The van der Waals surface area contributed by atoms with Gasteiger partial charge in [0.15, 0.2) is 11.3 Å². The van der Waals surface area contributed by atoms with Crippen molar-refractivity contribution < 1.29 is 52.8 Å². The number of hydrogen-bond acceptors (Lipinski definition) is 15. The summed E-state index contributed by atoms with van der Waals surface area (Å²) in [5.41, 5.74) is 0.346. The average Bonchev–Trinajstić information content (AvgIpc) is 3.97. The number of imide groups is 1. The first-order chi connectivity index (χ1) is 36.6. The Kier molecular flexibility index (Phi) is 24.2. The van der Waals surface area contributed by atoms with Crippen LogP contribution in [0.2, 0.25) is 0 Å². The molecule has 0 unspecified atom stereocenters. The van der Waals surface area contributed by atoms with Gasteiger partial charge in [-0.1, -0.05) is 10.2 Å². The van der Waals surface area contributed by atoms with E-state index < -0.39 is 46.8 Å². The first kappa shape index (κ1) is 63.6. The highest BCUT2D eigenvalue weighted by molar-refractivity contribution is 5.88. The van der Waals surface area contributed by atoms with Crippen molar-refractivity contribution in [2.45, 2.75) is 170 Å². The molecule has 0 bridgehead atoms. The van der Waals surface area contributed by atoms with Gasteiger partial charge in [-0.05, 0) is 159 Å². The molecule has 0 atom stereocenters. The number of carbonyl (C=O) groups is 6. The first-order valence-electron chi connectivity index (χ1n) is 26.9. The van der Waals surface area contributed by atoms with E-state index in [-0.39, 0.29) is 38.3 Å². The summed E-state index contributed by atoms with van der Waals surface area (Å²) in [5, 5.41) is 16.2. The number of piperidine rings is 2. The monoisotopic (exact) mass is 1090 g/mol. The largest absolute Gasteiger partial charge is 0.444 e. The topological polar surface area (TPSA) is 262 Å². The molecule has 0 radical (unpaired) electrons. The molecular weight excluding hydrogens is 1010 g/mol. The Balaban J connectivity index is 0.000000272. The van der Waals surface area contributed by atoms with Crippen LogP contribution in [-0.4, -0.2) is 183 Å². The van der Waals surface area contributed by atoms with Crippen molar-refractivity contribution in [2.75, 3.05) is 65.5 Å². The van der Waals surface area contributed by atoms with Gasteiger partial charge in [-0.2, -0.15) is 0 Å². The van der Waals surface area contributed by atoms with Crippen molar-refractivity contribution in [3.8, 4) is 0 Å². The summed E-state index contributed by atoms with van der Waals surface area (Å²) in [6.45, 7) is 26.2. The van der Waals surface area contributed by atoms with E-state index in [9.17, 15) is 28.8 Å². The van der Waals surface area contributed by atoms with Crippen molar-refractivity contribution in [3.63, 3.8) is 0 Å².